The van der Waals surface area contributed by atoms with E-state index in [0.717, 1.165) is 6.07 Å². The fraction of sp³-hybridized carbons (Fsp3) is 0.222. The first-order chi connectivity index (χ1) is 6.61. The van der Waals surface area contributed by atoms with Crippen LogP contribution in [-0.2, 0) is 0 Å². The van der Waals surface area contributed by atoms with E-state index in [4.69, 9.17) is 0 Å². The van der Waals surface area contributed by atoms with Crippen LogP contribution >= 0.6 is 0 Å². The van der Waals surface area contributed by atoms with E-state index in [9.17, 15) is 18.0 Å². The van der Waals surface area contributed by atoms with Crippen LogP contribution in [0.5, 0.6) is 0 Å². The summed E-state index contributed by atoms with van der Waals surface area (Å²) in [6.07, 6.45) is 0.0923. The second kappa shape index (κ2) is 3.01. The highest BCUT2D eigenvalue weighted by Crippen LogP contribution is 2.27. The molecule has 1 aliphatic heterocycles. The Balaban J connectivity index is 2.70. The zero-order valence-electron chi connectivity index (χ0n) is 7.03. The first-order valence-corrected chi connectivity index (χ1v) is 4.06. The van der Waals surface area contributed by atoms with Gasteiger partial charge in [-0.2, -0.15) is 0 Å². The molecule has 0 bridgehead atoms. The summed E-state index contributed by atoms with van der Waals surface area (Å²) < 4.78 is 38.6. The molecule has 2 nitrogen and oxygen atoms in total. The number of ketones is 1. The Morgan fingerprint density at radius 3 is 2.64 bits per heavy atom. The molecule has 0 unspecified atom stereocenters. The molecule has 1 aromatic carbocycles. The summed E-state index contributed by atoms with van der Waals surface area (Å²) in [5, 5.41) is 2.63. The Hall–Kier alpha value is -1.52. The van der Waals surface area contributed by atoms with E-state index < -0.39 is 23.2 Å². The van der Waals surface area contributed by atoms with Gasteiger partial charge in [0.05, 0.1) is 11.3 Å². The van der Waals surface area contributed by atoms with E-state index in [-0.39, 0.29) is 17.7 Å². The van der Waals surface area contributed by atoms with Crippen molar-refractivity contribution in [2.45, 2.75) is 6.42 Å². The minimum atomic E-state index is -1.60. The third-order valence-corrected chi connectivity index (χ3v) is 2.11. The van der Waals surface area contributed by atoms with E-state index in [1.165, 1.54) is 0 Å². The average molecular weight is 201 g/mol. The summed E-state index contributed by atoms with van der Waals surface area (Å²) in [5.74, 6) is -4.79. The smallest absolute Gasteiger partial charge is 0.195 e. The molecule has 0 radical (unpaired) electrons. The number of rotatable bonds is 0. The third-order valence-electron chi connectivity index (χ3n) is 2.11. The number of nitrogens with one attached hydrogen (secondary N) is 1. The van der Waals surface area contributed by atoms with E-state index in [1.54, 1.807) is 0 Å². The molecule has 0 fully saturated rings. The van der Waals surface area contributed by atoms with Crippen LogP contribution in [0, 0.1) is 17.5 Å². The highest BCUT2D eigenvalue weighted by atomic mass is 19.2. The molecule has 2 rings (SSSR count). The summed E-state index contributed by atoms with van der Waals surface area (Å²) in [4.78, 5) is 11.2. The van der Waals surface area contributed by atoms with Crippen molar-refractivity contribution in [3.63, 3.8) is 0 Å². The summed E-state index contributed by atoms with van der Waals surface area (Å²) in [7, 11) is 0. The number of anilines is 1. The normalized spacial score (nSPS) is 14.9. The molecule has 5 heteroatoms. The van der Waals surface area contributed by atoms with Crippen LogP contribution < -0.4 is 5.32 Å². The number of halogens is 3. The van der Waals surface area contributed by atoms with Gasteiger partial charge in [0, 0.05) is 19.0 Å². The molecule has 0 aliphatic carbocycles. The quantitative estimate of drug-likeness (QED) is 0.651. The Kier molecular flexibility index (Phi) is 1.94. The monoisotopic (exact) mass is 201 g/mol. The first-order valence-electron chi connectivity index (χ1n) is 4.06. The molecular weight excluding hydrogens is 195 g/mol. The van der Waals surface area contributed by atoms with Crippen LogP contribution in [0.1, 0.15) is 16.8 Å². The maximum atomic E-state index is 13.1. The van der Waals surface area contributed by atoms with Crippen molar-refractivity contribution in [3.8, 4) is 0 Å². The van der Waals surface area contributed by atoms with Crippen LogP contribution in [0.3, 0.4) is 0 Å². The molecule has 74 valence electrons. The fourth-order valence-electron chi connectivity index (χ4n) is 1.44. The SMILES string of the molecule is O=C1CCNc2cc(F)c(F)c(F)c21. The standard InChI is InChI=1S/C9H6F3NO/c10-4-3-5-7(9(12)8(4)11)6(14)1-2-13-5/h3,13H,1-2H2. The molecule has 1 N–H and O–H groups in total. The summed E-state index contributed by atoms with van der Waals surface area (Å²) in [6.45, 7) is 0.316. The van der Waals surface area contributed by atoms with Crippen molar-refractivity contribution >= 4 is 11.5 Å². The van der Waals surface area contributed by atoms with Gasteiger partial charge in [0.2, 0.25) is 0 Å². The van der Waals surface area contributed by atoms with Gasteiger partial charge in [-0.1, -0.05) is 0 Å². The van der Waals surface area contributed by atoms with E-state index in [2.05, 4.69) is 5.32 Å². The van der Waals surface area contributed by atoms with Crippen molar-refractivity contribution in [1.29, 1.82) is 0 Å². The van der Waals surface area contributed by atoms with Gasteiger partial charge >= 0.3 is 0 Å². The largest absolute Gasteiger partial charge is 0.384 e. The lowest BCUT2D eigenvalue weighted by Crippen LogP contribution is -2.20. The Morgan fingerprint density at radius 2 is 1.93 bits per heavy atom. The number of hydrogen-bond donors (Lipinski definition) is 1. The summed E-state index contributed by atoms with van der Waals surface area (Å²) >= 11 is 0. The molecule has 0 atom stereocenters. The number of carbonyl (C=O) groups is 1. The number of fused-ring (bicyclic) bond motifs is 1. The van der Waals surface area contributed by atoms with E-state index in [1.807, 2.05) is 0 Å². The number of carbonyl (C=O) groups excluding carboxylic acids is 1. The van der Waals surface area contributed by atoms with Crippen LogP contribution in [0.4, 0.5) is 18.9 Å². The topological polar surface area (TPSA) is 29.1 Å². The second-order valence-corrected chi connectivity index (χ2v) is 3.01. The van der Waals surface area contributed by atoms with Gasteiger partial charge in [0.25, 0.3) is 0 Å². The van der Waals surface area contributed by atoms with E-state index >= 15 is 0 Å². The number of benzene rings is 1. The van der Waals surface area contributed by atoms with Crippen molar-refractivity contribution in [2.75, 3.05) is 11.9 Å². The average Bonchev–Trinajstić information content (AvgIpc) is 2.14. The maximum absolute atomic E-state index is 13.1. The molecule has 0 saturated heterocycles. The fourth-order valence-corrected chi connectivity index (χ4v) is 1.44. The minimum Gasteiger partial charge on any atom is -0.384 e. The molecule has 1 aromatic rings. The van der Waals surface area contributed by atoms with Gasteiger partial charge in [-0.05, 0) is 0 Å². The van der Waals surface area contributed by atoms with Gasteiger partial charge in [-0.15, -0.1) is 0 Å². The molecular formula is C9H6F3NO. The predicted octanol–water partition coefficient (Wildman–Crippen LogP) is 2.10. The molecule has 1 heterocycles. The molecule has 14 heavy (non-hydrogen) atoms. The molecule has 0 spiro atoms. The molecule has 0 saturated carbocycles. The number of hydrogen-bond acceptors (Lipinski definition) is 2. The minimum absolute atomic E-state index is 0.0256. The van der Waals surface area contributed by atoms with Gasteiger partial charge in [-0.3, -0.25) is 4.79 Å². The molecule has 0 aromatic heterocycles. The van der Waals surface area contributed by atoms with Gasteiger partial charge in [-0.25, -0.2) is 13.2 Å². The molecule has 0 amide bonds. The van der Waals surface area contributed by atoms with Crippen molar-refractivity contribution in [1.82, 2.24) is 0 Å². The Morgan fingerprint density at radius 1 is 1.21 bits per heavy atom. The van der Waals surface area contributed by atoms with Crippen molar-refractivity contribution in [3.05, 3.63) is 29.1 Å². The van der Waals surface area contributed by atoms with Crippen LogP contribution in [0.15, 0.2) is 6.07 Å². The summed E-state index contributed by atoms with van der Waals surface area (Å²) in [5.41, 5.74) is -0.354. The van der Waals surface area contributed by atoms with E-state index in [0.29, 0.717) is 6.54 Å². The highest BCUT2D eigenvalue weighted by Gasteiger charge is 2.26. The maximum Gasteiger partial charge on any atom is 0.195 e. The Bertz CT molecular complexity index is 417. The van der Waals surface area contributed by atoms with Crippen LogP contribution in [-0.4, -0.2) is 12.3 Å². The lowest BCUT2D eigenvalue weighted by atomic mass is 10.0. The zero-order valence-corrected chi connectivity index (χ0v) is 7.03. The van der Waals surface area contributed by atoms with Crippen LogP contribution in [0.25, 0.3) is 0 Å². The lowest BCUT2D eigenvalue weighted by molar-refractivity contribution is 0.0978. The third kappa shape index (κ3) is 1.16. The highest BCUT2D eigenvalue weighted by molar-refractivity contribution is 6.03. The number of Topliss-reactive ketones (excluding diaryl/α,β-unsaturated/α-hetero) is 1. The van der Waals surface area contributed by atoms with Gasteiger partial charge in [0.15, 0.2) is 23.2 Å². The lowest BCUT2D eigenvalue weighted by Gasteiger charge is -2.17. The Labute approximate surface area is 77.7 Å². The van der Waals surface area contributed by atoms with Gasteiger partial charge < -0.3 is 5.32 Å². The summed E-state index contributed by atoms with van der Waals surface area (Å²) in [6, 6.07) is 0.796. The predicted molar refractivity (Wildman–Crippen MR) is 43.8 cm³/mol. The zero-order chi connectivity index (χ0) is 10.3. The molecule has 1 aliphatic rings. The van der Waals surface area contributed by atoms with Crippen LogP contribution in [0.2, 0.25) is 0 Å². The van der Waals surface area contributed by atoms with Crippen molar-refractivity contribution in [2.24, 2.45) is 0 Å². The second-order valence-electron chi connectivity index (χ2n) is 3.01. The van der Waals surface area contributed by atoms with Crippen molar-refractivity contribution < 1.29 is 18.0 Å². The van der Waals surface area contributed by atoms with Gasteiger partial charge in [0.1, 0.15) is 0 Å². The first kappa shape index (κ1) is 9.05.